The Balaban J connectivity index is 1.46. The standard InChI is InChI=1S/C17H14FN3OS2/c18-13-5-3-12(4-6-13)10-19-16(22)11-24-17-8-7-14(20-21-17)15-2-1-9-23-15/h1-9H,10-11H2,(H,19,22). The maximum Gasteiger partial charge on any atom is 0.230 e. The van der Waals surface area contributed by atoms with Gasteiger partial charge in [0.05, 0.1) is 10.6 Å². The summed E-state index contributed by atoms with van der Waals surface area (Å²) in [6.45, 7) is 0.378. The molecule has 0 fully saturated rings. The molecule has 0 bridgehead atoms. The second-order valence-corrected chi connectivity index (χ2v) is 6.87. The minimum Gasteiger partial charge on any atom is -0.351 e. The summed E-state index contributed by atoms with van der Waals surface area (Å²) in [5.41, 5.74) is 1.69. The molecule has 0 aliphatic heterocycles. The molecule has 4 nitrogen and oxygen atoms in total. The predicted octanol–water partition coefficient (Wildman–Crippen LogP) is 3.75. The van der Waals surface area contributed by atoms with Crippen molar-refractivity contribution >= 4 is 29.0 Å². The highest BCUT2D eigenvalue weighted by Gasteiger charge is 2.06. The summed E-state index contributed by atoms with van der Waals surface area (Å²) in [4.78, 5) is 12.9. The largest absolute Gasteiger partial charge is 0.351 e. The number of nitrogens with zero attached hydrogens (tertiary/aromatic N) is 2. The van der Waals surface area contributed by atoms with Gasteiger partial charge in [0.2, 0.25) is 5.91 Å². The van der Waals surface area contributed by atoms with Gasteiger partial charge in [0.15, 0.2) is 0 Å². The van der Waals surface area contributed by atoms with Gasteiger partial charge in [0, 0.05) is 6.54 Å². The lowest BCUT2D eigenvalue weighted by atomic mass is 10.2. The van der Waals surface area contributed by atoms with Gasteiger partial charge in [-0.1, -0.05) is 30.0 Å². The van der Waals surface area contributed by atoms with Crippen LogP contribution in [0.15, 0.2) is 58.9 Å². The van der Waals surface area contributed by atoms with Crippen molar-refractivity contribution in [1.29, 1.82) is 0 Å². The van der Waals surface area contributed by atoms with Crippen LogP contribution in [0.1, 0.15) is 5.56 Å². The first kappa shape index (κ1) is 16.6. The Bertz CT molecular complexity index is 790. The molecule has 0 radical (unpaired) electrons. The van der Waals surface area contributed by atoms with Crippen LogP contribution in [0, 0.1) is 5.82 Å². The number of rotatable bonds is 6. The molecule has 0 aliphatic carbocycles. The summed E-state index contributed by atoms with van der Waals surface area (Å²) < 4.78 is 12.8. The molecule has 0 atom stereocenters. The Morgan fingerprint density at radius 1 is 1.12 bits per heavy atom. The molecule has 122 valence electrons. The summed E-state index contributed by atoms with van der Waals surface area (Å²) >= 11 is 2.94. The van der Waals surface area contributed by atoms with E-state index < -0.39 is 0 Å². The van der Waals surface area contributed by atoms with Crippen molar-refractivity contribution in [3.8, 4) is 10.6 Å². The third kappa shape index (κ3) is 4.62. The van der Waals surface area contributed by atoms with E-state index >= 15 is 0 Å². The summed E-state index contributed by atoms with van der Waals surface area (Å²) in [5.74, 6) is -0.132. The Hall–Kier alpha value is -2.25. The van der Waals surface area contributed by atoms with E-state index in [1.54, 1.807) is 23.5 Å². The van der Waals surface area contributed by atoms with Gasteiger partial charge in [-0.25, -0.2) is 4.39 Å². The summed E-state index contributed by atoms with van der Waals surface area (Å²) in [6, 6.07) is 13.8. The number of amides is 1. The Labute approximate surface area is 147 Å². The van der Waals surface area contributed by atoms with E-state index in [4.69, 9.17) is 0 Å². The molecular weight excluding hydrogens is 345 g/mol. The van der Waals surface area contributed by atoms with Crippen molar-refractivity contribution in [2.45, 2.75) is 11.6 Å². The highest BCUT2D eigenvalue weighted by Crippen LogP contribution is 2.23. The van der Waals surface area contributed by atoms with Crippen LogP contribution in [0.25, 0.3) is 10.6 Å². The third-order valence-electron chi connectivity index (χ3n) is 3.17. The van der Waals surface area contributed by atoms with Gasteiger partial charge in [-0.05, 0) is 41.3 Å². The van der Waals surface area contributed by atoms with E-state index in [9.17, 15) is 9.18 Å². The number of hydrogen-bond donors (Lipinski definition) is 1. The van der Waals surface area contributed by atoms with Gasteiger partial charge in [-0.2, -0.15) is 0 Å². The Morgan fingerprint density at radius 3 is 2.62 bits per heavy atom. The zero-order valence-electron chi connectivity index (χ0n) is 12.6. The number of thiophene rings is 1. The first-order valence-corrected chi connectivity index (χ1v) is 9.09. The lowest BCUT2D eigenvalue weighted by Crippen LogP contribution is -2.24. The van der Waals surface area contributed by atoms with E-state index in [2.05, 4.69) is 15.5 Å². The molecule has 1 N–H and O–H groups in total. The second-order valence-electron chi connectivity index (χ2n) is 4.93. The molecule has 0 spiro atoms. The van der Waals surface area contributed by atoms with Crippen LogP contribution in [0.3, 0.4) is 0 Å². The van der Waals surface area contributed by atoms with Crippen molar-refractivity contribution in [2.75, 3.05) is 5.75 Å². The maximum atomic E-state index is 12.8. The molecule has 0 aliphatic rings. The second kappa shape index (κ2) is 8.03. The number of hydrogen-bond acceptors (Lipinski definition) is 5. The van der Waals surface area contributed by atoms with Gasteiger partial charge in [0.25, 0.3) is 0 Å². The van der Waals surface area contributed by atoms with E-state index in [-0.39, 0.29) is 17.5 Å². The van der Waals surface area contributed by atoms with E-state index in [0.29, 0.717) is 11.6 Å². The summed E-state index contributed by atoms with van der Waals surface area (Å²) in [7, 11) is 0. The van der Waals surface area contributed by atoms with Crippen molar-refractivity contribution in [3.05, 3.63) is 65.3 Å². The van der Waals surface area contributed by atoms with Gasteiger partial charge in [-0.15, -0.1) is 21.5 Å². The quantitative estimate of drug-likeness (QED) is 0.681. The van der Waals surface area contributed by atoms with Crippen LogP contribution in [0.4, 0.5) is 4.39 Å². The van der Waals surface area contributed by atoms with Crippen LogP contribution in [0.5, 0.6) is 0 Å². The van der Waals surface area contributed by atoms with Gasteiger partial charge < -0.3 is 5.32 Å². The third-order valence-corrected chi connectivity index (χ3v) is 4.98. The molecule has 0 saturated carbocycles. The average molecular weight is 359 g/mol. The Kier molecular flexibility index (Phi) is 5.55. The molecule has 3 aromatic rings. The van der Waals surface area contributed by atoms with Crippen molar-refractivity contribution in [3.63, 3.8) is 0 Å². The van der Waals surface area contributed by atoms with Crippen LogP contribution < -0.4 is 5.32 Å². The smallest absolute Gasteiger partial charge is 0.230 e. The van der Waals surface area contributed by atoms with E-state index in [1.165, 1.54) is 23.9 Å². The van der Waals surface area contributed by atoms with Crippen LogP contribution >= 0.6 is 23.1 Å². The first-order valence-electron chi connectivity index (χ1n) is 7.22. The fraction of sp³-hybridized carbons (Fsp3) is 0.118. The zero-order chi connectivity index (χ0) is 16.8. The zero-order valence-corrected chi connectivity index (χ0v) is 14.2. The lowest BCUT2D eigenvalue weighted by molar-refractivity contribution is -0.118. The molecule has 3 rings (SSSR count). The Morgan fingerprint density at radius 2 is 1.96 bits per heavy atom. The highest BCUT2D eigenvalue weighted by atomic mass is 32.2. The average Bonchev–Trinajstić information content (AvgIpc) is 3.14. The molecule has 24 heavy (non-hydrogen) atoms. The molecule has 2 heterocycles. The SMILES string of the molecule is O=C(CSc1ccc(-c2cccs2)nn1)NCc1ccc(F)cc1. The number of nitrogens with one attached hydrogen (secondary N) is 1. The normalized spacial score (nSPS) is 10.5. The van der Waals surface area contributed by atoms with Crippen LogP contribution in [0.2, 0.25) is 0 Å². The number of carbonyl (C=O) groups is 1. The first-order chi connectivity index (χ1) is 11.7. The summed E-state index contributed by atoms with van der Waals surface area (Å²) in [5, 5.41) is 13.8. The molecule has 0 unspecified atom stereocenters. The van der Waals surface area contributed by atoms with Gasteiger partial charge in [0.1, 0.15) is 16.5 Å². The number of benzene rings is 1. The number of halogens is 1. The lowest BCUT2D eigenvalue weighted by Gasteiger charge is -2.05. The molecule has 0 saturated heterocycles. The molecule has 7 heteroatoms. The molecule has 1 amide bonds. The summed E-state index contributed by atoms with van der Waals surface area (Å²) in [6.07, 6.45) is 0. The highest BCUT2D eigenvalue weighted by molar-refractivity contribution is 7.99. The van der Waals surface area contributed by atoms with Crippen molar-refractivity contribution in [1.82, 2.24) is 15.5 Å². The predicted molar refractivity (Wildman–Crippen MR) is 94.3 cm³/mol. The van der Waals surface area contributed by atoms with Crippen molar-refractivity contribution < 1.29 is 9.18 Å². The van der Waals surface area contributed by atoms with Gasteiger partial charge in [-0.3, -0.25) is 4.79 Å². The number of aromatic nitrogens is 2. The van der Waals surface area contributed by atoms with Crippen LogP contribution in [-0.2, 0) is 11.3 Å². The molecular formula is C17H14FN3OS2. The molecule has 1 aromatic carbocycles. The number of carbonyl (C=O) groups excluding carboxylic acids is 1. The van der Waals surface area contributed by atoms with Crippen molar-refractivity contribution in [2.24, 2.45) is 0 Å². The number of thioether (sulfide) groups is 1. The fourth-order valence-corrected chi connectivity index (χ4v) is 3.28. The van der Waals surface area contributed by atoms with Gasteiger partial charge >= 0.3 is 0 Å². The minimum atomic E-state index is -0.287. The topological polar surface area (TPSA) is 54.9 Å². The fourth-order valence-electron chi connectivity index (χ4n) is 1.95. The maximum absolute atomic E-state index is 12.8. The van der Waals surface area contributed by atoms with Crippen LogP contribution in [-0.4, -0.2) is 21.9 Å². The minimum absolute atomic E-state index is 0.103. The molecule has 2 aromatic heterocycles. The monoisotopic (exact) mass is 359 g/mol. The van der Waals surface area contributed by atoms with E-state index in [1.807, 2.05) is 29.6 Å². The van der Waals surface area contributed by atoms with E-state index in [0.717, 1.165) is 16.1 Å².